The van der Waals surface area contributed by atoms with Crippen LogP contribution < -0.4 is 19.1 Å². The molecule has 1 fully saturated rings. The van der Waals surface area contributed by atoms with Gasteiger partial charge in [-0.05, 0) is 43.7 Å². The van der Waals surface area contributed by atoms with E-state index in [2.05, 4.69) is 27.1 Å². The molecule has 8 heteroatoms. The number of halogens is 1. The first-order valence-corrected chi connectivity index (χ1v) is 11.5. The number of aryl methyl sites for hydroxylation is 1. The zero-order chi connectivity index (χ0) is 23.0. The van der Waals surface area contributed by atoms with Crippen molar-refractivity contribution in [3.63, 3.8) is 0 Å². The zero-order valence-corrected chi connectivity index (χ0v) is 21.0. The summed E-state index contributed by atoms with van der Waals surface area (Å²) in [5.41, 5.74) is 2.88. The predicted molar refractivity (Wildman–Crippen MR) is 137 cm³/mol. The van der Waals surface area contributed by atoms with Gasteiger partial charge >= 0.3 is 0 Å². The van der Waals surface area contributed by atoms with Crippen molar-refractivity contribution in [2.45, 2.75) is 19.3 Å². The fraction of sp³-hybridized carbons (Fsp3) is 0.423. The lowest BCUT2D eigenvalue weighted by atomic mass is 10.1. The Bertz CT molecular complexity index is 1030. The first-order chi connectivity index (χ1) is 16.2. The van der Waals surface area contributed by atoms with E-state index in [-0.39, 0.29) is 12.4 Å². The number of hydrogen-bond donors (Lipinski definition) is 0. The van der Waals surface area contributed by atoms with Gasteiger partial charge in [0, 0.05) is 50.3 Å². The van der Waals surface area contributed by atoms with Gasteiger partial charge in [0.1, 0.15) is 28.7 Å². The smallest absolute Gasteiger partial charge is 0.142 e. The van der Waals surface area contributed by atoms with Crippen molar-refractivity contribution in [1.82, 2.24) is 10.1 Å². The van der Waals surface area contributed by atoms with E-state index in [0.717, 1.165) is 86.3 Å². The quantitative estimate of drug-likeness (QED) is 0.375. The number of anilines is 1. The minimum Gasteiger partial charge on any atom is -0.497 e. The van der Waals surface area contributed by atoms with Crippen molar-refractivity contribution >= 4 is 18.1 Å². The van der Waals surface area contributed by atoms with Crippen molar-refractivity contribution in [3.05, 3.63) is 54.3 Å². The van der Waals surface area contributed by atoms with Gasteiger partial charge < -0.3 is 23.6 Å². The lowest BCUT2D eigenvalue weighted by Gasteiger charge is -2.36. The highest BCUT2D eigenvalue weighted by molar-refractivity contribution is 5.85. The number of piperazine rings is 1. The van der Waals surface area contributed by atoms with Gasteiger partial charge in [0.2, 0.25) is 0 Å². The molecule has 34 heavy (non-hydrogen) atoms. The summed E-state index contributed by atoms with van der Waals surface area (Å²) in [6, 6.07) is 16.0. The van der Waals surface area contributed by atoms with Gasteiger partial charge in [0.05, 0.1) is 27.0 Å². The minimum atomic E-state index is 0. The number of aromatic nitrogens is 1. The van der Waals surface area contributed by atoms with Crippen LogP contribution in [0, 0.1) is 0 Å². The summed E-state index contributed by atoms with van der Waals surface area (Å²) in [4.78, 5) is 4.96. The molecule has 3 aromatic rings. The van der Waals surface area contributed by atoms with Crippen LogP contribution in [0.1, 0.15) is 18.6 Å². The number of para-hydroxylation sites is 2. The standard InChI is InChI=1S/C26H33N3O4.ClH/c1-30-20-11-12-22(26(19-20)32-3)23-18-21(33-27-23)8-6-7-13-28-14-16-29(17-15-28)24-9-4-5-10-25(24)31-2;/h4-5,9-12,18-19H,6-8,13-17H2,1-3H3;1H. The molecule has 0 bridgehead atoms. The normalized spacial score (nSPS) is 13.9. The van der Waals surface area contributed by atoms with Crippen LogP contribution in [-0.4, -0.2) is 64.1 Å². The van der Waals surface area contributed by atoms with E-state index >= 15 is 0 Å². The van der Waals surface area contributed by atoms with Gasteiger partial charge in [-0.1, -0.05) is 17.3 Å². The summed E-state index contributed by atoms with van der Waals surface area (Å²) in [7, 11) is 5.03. The van der Waals surface area contributed by atoms with Gasteiger partial charge in [-0.3, -0.25) is 4.90 Å². The molecule has 1 aromatic heterocycles. The number of unbranched alkanes of at least 4 members (excludes halogenated alkanes) is 1. The van der Waals surface area contributed by atoms with Crippen LogP contribution in [-0.2, 0) is 6.42 Å². The molecule has 2 heterocycles. The molecule has 0 radical (unpaired) electrons. The van der Waals surface area contributed by atoms with E-state index in [0.29, 0.717) is 0 Å². The highest BCUT2D eigenvalue weighted by Gasteiger charge is 2.19. The van der Waals surface area contributed by atoms with Gasteiger partial charge in [-0.2, -0.15) is 0 Å². The van der Waals surface area contributed by atoms with Gasteiger partial charge in [0.25, 0.3) is 0 Å². The SMILES string of the molecule is COc1ccc(-c2cc(CCCCN3CCN(c4ccccc4OC)CC3)on2)c(OC)c1.Cl. The lowest BCUT2D eigenvalue weighted by molar-refractivity contribution is 0.251. The van der Waals surface area contributed by atoms with Crippen LogP contribution in [0.3, 0.4) is 0 Å². The van der Waals surface area contributed by atoms with E-state index < -0.39 is 0 Å². The third-order valence-electron chi connectivity index (χ3n) is 6.19. The van der Waals surface area contributed by atoms with Crippen LogP contribution in [0.25, 0.3) is 11.3 Å². The Morgan fingerprint density at radius 1 is 0.853 bits per heavy atom. The molecule has 0 spiro atoms. The highest BCUT2D eigenvalue weighted by atomic mass is 35.5. The molecule has 0 N–H and O–H groups in total. The summed E-state index contributed by atoms with van der Waals surface area (Å²) >= 11 is 0. The number of ether oxygens (including phenoxy) is 3. The third-order valence-corrected chi connectivity index (χ3v) is 6.19. The number of rotatable bonds is 10. The molecular formula is C26H34ClN3O4. The predicted octanol–water partition coefficient (Wildman–Crippen LogP) is 4.93. The molecule has 0 aliphatic carbocycles. The topological polar surface area (TPSA) is 60.2 Å². The lowest BCUT2D eigenvalue weighted by Crippen LogP contribution is -2.46. The van der Waals surface area contributed by atoms with Crippen molar-refractivity contribution in [2.75, 3.05) is 59.0 Å². The molecular weight excluding hydrogens is 454 g/mol. The molecule has 4 rings (SSSR count). The average Bonchev–Trinajstić information content (AvgIpc) is 3.35. The molecule has 1 aliphatic heterocycles. The van der Waals surface area contributed by atoms with E-state index in [9.17, 15) is 0 Å². The van der Waals surface area contributed by atoms with Crippen LogP contribution in [0.15, 0.2) is 53.1 Å². The Hall–Kier alpha value is -2.90. The Morgan fingerprint density at radius 3 is 2.35 bits per heavy atom. The number of hydrogen-bond acceptors (Lipinski definition) is 7. The van der Waals surface area contributed by atoms with Crippen molar-refractivity contribution in [3.8, 4) is 28.5 Å². The summed E-state index contributed by atoms with van der Waals surface area (Å²) in [6.07, 6.45) is 3.09. The summed E-state index contributed by atoms with van der Waals surface area (Å²) in [6.45, 7) is 5.29. The maximum absolute atomic E-state index is 5.58. The summed E-state index contributed by atoms with van der Waals surface area (Å²) < 4.78 is 21.9. The Kier molecular flexibility index (Phi) is 9.48. The Labute approximate surface area is 208 Å². The second kappa shape index (κ2) is 12.5. The molecule has 1 saturated heterocycles. The number of methoxy groups -OCH3 is 3. The highest BCUT2D eigenvalue weighted by Crippen LogP contribution is 2.33. The Balaban J connectivity index is 0.00000324. The second-order valence-corrected chi connectivity index (χ2v) is 8.20. The molecule has 0 saturated carbocycles. The molecule has 1 aliphatic rings. The van der Waals surface area contributed by atoms with Crippen LogP contribution in [0.4, 0.5) is 5.69 Å². The van der Waals surface area contributed by atoms with Crippen LogP contribution in [0.2, 0.25) is 0 Å². The first kappa shape index (κ1) is 25.7. The molecule has 184 valence electrons. The molecule has 0 unspecified atom stereocenters. The fourth-order valence-electron chi connectivity index (χ4n) is 4.31. The van der Waals surface area contributed by atoms with E-state index in [1.807, 2.05) is 36.4 Å². The van der Waals surface area contributed by atoms with Gasteiger partial charge in [0.15, 0.2) is 0 Å². The minimum absolute atomic E-state index is 0. The van der Waals surface area contributed by atoms with Gasteiger partial charge in [-0.25, -0.2) is 0 Å². The van der Waals surface area contributed by atoms with Crippen LogP contribution >= 0.6 is 12.4 Å². The maximum atomic E-state index is 5.58. The van der Waals surface area contributed by atoms with Crippen molar-refractivity contribution < 1.29 is 18.7 Å². The number of nitrogens with zero attached hydrogens (tertiary/aromatic N) is 3. The van der Waals surface area contributed by atoms with Crippen molar-refractivity contribution in [1.29, 1.82) is 0 Å². The first-order valence-electron chi connectivity index (χ1n) is 11.5. The van der Waals surface area contributed by atoms with Crippen LogP contribution in [0.5, 0.6) is 17.2 Å². The summed E-state index contributed by atoms with van der Waals surface area (Å²) in [5.74, 6) is 3.33. The van der Waals surface area contributed by atoms with E-state index in [1.165, 1.54) is 5.69 Å². The van der Waals surface area contributed by atoms with E-state index in [1.54, 1.807) is 21.3 Å². The second-order valence-electron chi connectivity index (χ2n) is 8.20. The summed E-state index contributed by atoms with van der Waals surface area (Å²) in [5, 5.41) is 4.25. The van der Waals surface area contributed by atoms with Gasteiger partial charge in [-0.15, -0.1) is 12.4 Å². The maximum Gasteiger partial charge on any atom is 0.142 e. The Morgan fingerprint density at radius 2 is 1.62 bits per heavy atom. The molecule has 7 nitrogen and oxygen atoms in total. The number of benzene rings is 2. The van der Waals surface area contributed by atoms with E-state index in [4.69, 9.17) is 18.7 Å². The van der Waals surface area contributed by atoms with Crippen molar-refractivity contribution in [2.24, 2.45) is 0 Å². The fourth-order valence-corrected chi connectivity index (χ4v) is 4.31. The molecule has 0 atom stereocenters. The molecule has 0 amide bonds. The average molecular weight is 488 g/mol. The monoisotopic (exact) mass is 487 g/mol. The largest absolute Gasteiger partial charge is 0.497 e. The zero-order valence-electron chi connectivity index (χ0n) is 20.2. The third kappa shape index (κ3) is 6.15. The molecule has 2 aromatic carbocycles.